The molecule has 3 heterocycles. The molecule has 0 spiro atoms. The number of thioether (sulfide) groups is 1. The highest BCUT2D eigenvalue weighted by Gasteiger charge is 2.13. The number of nitriles is 1. The van der Waals surface area contributed by atoms with Crippen molar-refractivity contribution in [3.63, 3.8) is 0 Å². The molecule has 1 amide bonds. The first-order valence-electron chi connectivity index (χ1n) is 10.7. The van der Waals surface area contributed by atoms with Crippen LogP contribution in [-0.2, 0) is 13.0 Å². The van der Waals surface area contributed by atoms with Crippen LogP contribution in [0.4, 0.5) is 5.82 Å². The molecule has 0 saturated heterocycles. The number of hydrogen-bond donors (Lipinski definition) is 2. The highest BCUT2D eigenvalue weighted by molar-refractivity contribution is 7.98. The van der Waals surface area contributed by atoms with Crippen LogP contribution in [0.5, 0.6) is 0 Å². The fraction of sp³-hybridized carbons (Fsp3) is 0.192. The van der Waals surface area contributed by atoms with Crippen LogP contribution >= 0.6 is 11.8 Å². The Kier molecular flexibility index (Phi) is 6.75. The number of aromatic nitrogens is 3. The number of nitrogens with two attached hydrogens (primary N) is 1. The van der Waals surface area contributed by atoms with E-state index in [1.807, 2.05) is 32.4 Å². The summed E-state index contributed by atoms with van der Waals surface area (Å²) in [5, 5.41) is 13.3. The average molecular weight is 469 g/mol. The topological polar surface area (TPSA) is 118 Å². The molecule has 3 N–H and O–H groups in total. The van der Waals surface area contributed by atoms with E-state index in [2.05, 4.69) is 38.5 Å². The molecule has 170 valence electrons. The van der Waals surface area contributed by atoms with Gasteiger partial charge in [0, 0.05) is 52.5 Å². The molecule has 8 heteroatoms. The zero-order valence-corrected chi connectivity index (χ0v) is 20.0. The Hall–Kier alpha value is -3.96. The van der Waals surface area contributed by atoms with Crippen molar-refractivity contribution in [1.29, 1.82) is 5.26 Å². The van der Waals surface area contributed by atoms with E-state index in [-0.39, 0.29) is 24.0 Å². The second kappa shape index (κ2) is 9.89. The van der Waals surface area contributed by atoms with Crippen molar-refractivity contribution in [3.05, 3.63) is 88.0 Å². The Morgan fingerprint density at radius 2 is 2.00 bits per heavy atom. The van der Waals surface area contributed by atoms with Crippen molar-refractivity contribution in [2.24, 2.45) is 0 Å². The number of rotatable bonds is 6. The number of hydrogen-bond acceptors (Lipinski definition) is 7. The van der Waals surface area contributed by atoms with Gasteiger partial charge in [-0.25, -0.2) is 4.98 Å². The molecule has 34 heavy (non-hydrogen) atoms. The van der Waals surface area contributed by atoms with E-state index in [1.54, 1.807) is 36.2 Å². The summed E-state index contributed by atoms with van der Waals surface area (Å²) in [6, 6.07) is 13.6. The van der Waals surface area contributed by atoms with Gasteiger partial charge in [-0.1, -0.05) is 0 Å². The van der Waals surface area contributed by atoms with Crippen molar-refractivity contribution < 1.29 is 4.79 Å². The number of aryl methyl sites for hydroxylation is 2. The first-order valence-corrected chi connectivity index (χ1v) is 11.9. The maximum Gasteiger partial charge on any atom is 0.251 e. The smallest absolute Gasteiger partial charge is 0.251 e. The number of pyridine rings is 3. The van der Waals surface area contributed by atoms with Gasteiger partial charge < -0.3 is 11.1 Å². The third-order valence-corrected chi connectivity index (χ3v) is 6.28. The molecule has 0 aliphatic rings. The molecule has 1 aromatic carbocycles. The van der Waals surface area contributed by atoms with Gasteiger partial charge in [-0.05, 0) is 73.2 Å². The van der Waals surface area contributed by atoms with Crippen LogP contribution in [0, 0.1) is 25.2 Å². The predicted molar refractivity (Wildman–Crippen MR) is 135 cm³/mol. The molecular weight excluding hydrogens is 444 g/mol. The Morgan fingerprint density at radius 1 is 1.18 bits per heavy atom. The monoisotopic (exact) mass is 468 g/mol. The SMILES string of the molecule is CSc1cc(Cc2cc(C(=O)NCc3c(C)cc(N)nc3C#N)ccn2)cc2cc(C)cnc12. The third-order valence-electron chi connectivity index (χ3n) is 5.53. The molecule has 0 aliphatic heterocycles. The summed E-state index contributed by atoms with van der Waals surface area (Å²) in [5.74, 6) is 0.0408. The van der Waals surface area contributed by atoms with E-state index in [1.165, 1.54) is 0 Å². The fourth-order valence-electron chi connectivity index (χ4n) is 3.88. The lowest BCUT2D eigenvalue weighted by atomic mass is 10.0. The van der Waals surface area contributed by atoms with Gasteiger partial charge in [-0.3, -0.25) is 14.8 Å². The highest BCUT2D eigenvalue weighted by Crippen LogP contribution is 2.28. The summed E-state index contributed by atoms with van der Waals surface area (Å²) in [6.45, 7) is 4.06. The van der Waals surface area contributed by atoms with Crippen LogP contribution in [0.2, 0.25) is 0 Å². The van der Waals surface area contributed by atoms with E-state index >= 15 is 0 Å². The first-order chi connectivity index (χ1) is 16.4. The van der Waals surface area contributed by atoms with Crippen molar-refractivity contribution >= 4 is 34.4 Å². The number of anilines is 1. The fourth-order valence-corrected chi connectivity index (χ4v) is 4.51. The molecular formula is C26H24N6OS. The normalized spacial score (nSPS) is 10.8. The van der Waals surface area contributed by atoms with E-state index in [0.29, 0.717) is 17.5 Å². The standard InChI is InChI=1S/C26H24N6OS/c1-15-6-19-8-17(10-23(34-3)25(19)30-13-15)9-20-11-18(4-5-29-20)26(33)31-14-21-16(2)7-24(28)32-22(21)12-27/h4-8,10-11,13H,9,14H2,1-3H3,(H2,28,32)(H,31,33). The summed E-state index contributed by atoms with van der Waals surface area (Å²) in [4.78, 5) is 27.1. The minimum Gasteiger partial charge on any atom is -0.384 e. The van der Waals surface area contributed by atoms with E-state index in [0.717, 1.165) is 38.2 Å². The zero-order chi connectivity index (χ0) is 24.2. The van der Waals surface area contributed by atoms with Gasteiger partial charge in [-0.2, -0.15) is 5.26 Å². The van der Waals surface area contributed by atoms with E-state index in [4.69, 9.17) is 5.73 Å². The Morgan fingerprint density at radius 3 is 2.76 bits per heavy atom. The number of fused-ring (bicyclic) bond motifs is 1. The first kappa shape index (κ1) is 23.2. The van der Waals surface area contributed by atoms with E-state index in [9.17, 15) is 10.1 Å². The Bertz CT molecular complexity index is 1440. The van der Waals surface area contributed by atoms with Crippen LogP contribution in [0.3, 0.4) is 0 Å². The summed E-state index contributed by atoms with van der Waals surface area (Å²) in [5.41, 5.74) is 11.9. The lowest BCUT2D eigenvalue weighted by Crippen LogP contribution is -2.24. The largest absolute Gasteiger partial charge is 0.384 e. The van der Waals surface area contributed by atoms with E-state index < -0.39 is 0 Å². The molecule has 4 rings (SSSR count). The lowest BCUT2D eigenvalue weighted by molar-refractivity contribution is 0.0950. The molecule has 0 unspecified atom stereocenters. The molecule has 0 saturated carbocycles. The quantitative estimate of drug-likeness (QED) is 0.404. The van der Waals surface area contributed by atoms with Crippen LogP contribution in [0.25, 0.3) is 10.9 Å². The van der Waals surface area contributed by atoms with Gasteiger partial charge in [0.25, 0.3) is 5.91 Å². The van der Waals surface area contributed by atoms with Gasteiger partial charge in [0.05, 0.1) is 5.52 Å². The van der Waals surface area contributed by atoms with Crippen molar-refractivity contribution in [3.8, 4) is 6.07 Å². The molecule has 0 bridgehead atoms. The highest BCUT2D eigenvalue weighted by atomic mass is 32.2. The molecule has 0 radical (unpaired) electrons. The van der Waals surface area contributed by atoms with Crippen molar-refractivity contribution in [1.82, 2.24) is 20.3 Å². The van der Waals surface area contributed by atoms with Gasteiger partial charge >= 0.3 is 0 Å². The number of carbonyl (C=O) groups excluding carboxylic acids is 1. The number of amides is 1. The molecule has 7 nitrogen and oxygen atoms in total. The minimum atomic E-state index is -0.244. The molecule has 0 fully saturated rings. The van der Waals surface area contributed by atoms with Gasteiger partial charge in [0.1, 0.15) is 17.6 Å². The number of nitrogens with one attached hydrogen (secondary N) is 1. The lowest BCUT2D eigenvalue weighted by Gasteiger charge is -2.11. The summed E-state index contributed by atoms with van der Waals surface area (Å²) in [6.07, 6.45) is 6.16. The van der Waals surface area contributed by atoms with Crippen LogP contribution in [0.15, 0.2) is 53.7 Å². The summed E-state index contributed by atoms with van der Waals surface area (Å²) < 4.78 is 0. The Labute approximate surface area is 202 Å². The average Bonchev–Trinajstić information content (AvgIpc) is 2.82. The molecule has 0 aliphatic carbocycles. The number of carbonyl (C=O) groups is 1. The van der Waals surface area contributed by atoms with Gasteiger partial charge in [0.15, 0.2) is 0 Å². The maximum atomic E-state index is 12.8. The van der Waals surface area contributed by atoms with Crippen LogP contribution in [0.1, 0.15) is 44.0 Å². The van der Waals surface area contributed by atoms with Crippen LogP contribution < -0.4 is 11.1 Å². The number of benzene rings is 1. The summed E-state index contributed by atoms with van der Waals surface area (Å²) in [7, 11) is 0. The third kappa shape index (κ3) is 5.00. The predicted octanol–water partition coefficient (Wildman–Crippen LogP) is 4.34. The zero-order valence-electron chi connectivity index (χ0n) is 19.2. The van der Waals surface area contributed by atoms with Crippen molar-refractivity contribution in [2.45, 2.75) is 31.7 Å². The molecule has 4 aromatic rings. The molecule has 3 aromatic heterocycles. The second-order valence-corrected chi connectivity index (χ2v) is 8.93. The Balaban J connectivity index is 1.54. The number of nitrogens with zero attached hydrogens (tertiary/aromatic N) is 4. The van der Waals surface area contributed by atoms with Crippen LogP contribution in [-0.4, -0.2) is 27.1 Å². The number of nitrogen functional groups attached to an aromatic ring is 1. The van der Waals surface area contributed by atoms with Gasteiger partial charge in [0.2, 0.25) is 0 Å². The van der Waals surface area contributed by atoms with Crippen molar-refractivity contribution in [2.75, 3.05) is 12.0 Å². The maximum absolute atomic E-state index is 12.8. The molecule has 0 atom stereocenters. The second-order valence-electron chi connectivity index (χ2n) is 8.08. The summed E-state index contributed by atoms with van der Waals surface area (Å²) >= 11 is 1.66. The minimum absolute atomic E-state index is 0.187. The van der Waals surface area contributed by atoms with Gasteiger partial charge in [-0.15, -0.1) is 11.8 Å².